The van der Waals surface area contributed by atoms with Crippen molar-refractivity contribution in [3.8, 4) is 0 Å². The highest BCUT2D eigenvalue weighted by Crippen LogP contribution is 2.35. The lowest BCUT2D eigenvalue weighted by Gasteiger charge is -2.37. The molecule has 1 aromatic rings. The van der Waals surface area contributed by atoms with Gasteiger partial charge in [-0.3, -0.25) is 14.5 Å². The molecule has 134 valence electrons. The van der Waals surface area contributed by atoms with E-state index in [0.717, 1.165) is 24.2 Å². The third-order valence-electron chi connectivity index (χ3n) is 5.13. The van der Waals surface area contributed by atoms with Crippen LogP contribution in [0.3, 0.4) is 0 Å². The van der Waals surface area contributed by atoms with E-state index in [-0.39, 0.29) is 17.9 Å². The number of carbonyl (C=O) groups is 2. The Morgan fingerprint density at radius 1 is 0.960 bits per heavy atom. The van der Waals surface area contributed by atoms with Crippen molar-refractivity contribution in [2.75, 3.05) is 13.1 Å². The van der Waals surface area contributed by atoms with E-state index in [1.54, 1.807) is 0 Å². The Kier molecular flexibility index (Phi) is 4.72. The summed E-state index contributed by atoms with van der Waals surface area (Å²) in [5, 5.41) is 0. The van der Waals surface area contributed by atoms with Gasteiger partial charge < -0.3 is 4.90 Å². The van der Waals surface area contributed by atoms with Crippen molar-refractivity contribution >= 4 is 17.4 Å². The average molecular weight is 340 g/mol. The van der Waals surface area contributed by atoms with E-state index in [4.69, 9.17) is 0 Å². The average Bonchev–Trinajstić information content (AvgIpc) is 2.78. The lowest BCUT2D eigenvalue weighted by Crippen LogP contribution is -2.43. The molecule has 2 amide bonds. The summed E-state index contributed by atoms with van der Waals surface area (Å²) in [7, 11) is 0. The number of amides is 2. The lowest BCUT2D eigenvalue weighted by molar-refractivity contribution is -0.139. The van der Waals surface area contributed by atoms with E-state index >= 15 is 0 Å². The molecule has 2 heterocycles. The fourth-order valence-corrected chi connectivity index (χ4v) is 4.12. The number of imide groups is 1. The quantitative estimate of drug-likeness (QED) is 0.791. The highest BCUT2D eigenvalue weighted by molar-refractivity contribution is 6.35. The summed E-state index contributed by atoms with van der Waals surface area (Å²) in [5.74, 6) is 0.736. The maximum atomic E-state index is 13.1. The molecule has 0 bridgehead atoms. The smallest absolute Gasteiger partial charge is 0.278 e. The molecular formula is C21H28N2O2. The zero-order chi connectivity index (χ0) is 18.3. The molecule has 2 aliphatic heterocycles. The third-order valence-corrected chi connectivity index (χ3v) is 5.13. The zero-order valence-corrected chi connectivity index (χ0v) is 15.9. The van der Waals surface area contributed by atoms with Crippen molar-refractivity contribution in [1.29, 1.82) is 0 Å². The van der Waals surface area contributed by atoms with Crippen LogP contribution in [0.25, 0.3) is 5.57 Å². The Bertz CT molecular complexity index is 708. The number of benzene rings is 1. The van der Waals surface area contributed by atoms with Crippen molar-refractivity contribution in [2.45, 2.75) is 47.1 Å². The Balaban J connectivity index is 2.11. The summed E-state index contributed by atoms with van der Waals surface area (Å²) < 4.78 is 0. The van der Waals surface area contributed by atoms with Crippen LogP contribution in [0.5, 0.6) is 0 Å². The first-order valence-electron chi connectivity index (χ1n) is 9.23. The molecule has 0 aromatic heterocycles. The van der Waals surface area contributed by atoms with Crippen LogP contribution < -0.4 is 0 Å². The molecule has 2 atom stereocenters. The highest BCUT2D eigenvalue weighted by Gasteiger charge is 2.43. The van der Waals surface area contributed by atoms with Gasteiger partial charge in [-0.05, 0) is 44.6 Å². The number of likely N-dealkylation sites (tertiary alicyclic amines) is 1. The highest BCUT2D eigenvalue weighted by atomic mass is 16.2. The first-order valence-corrected chi connectivity index (χ1v) is 9.23. The first-order chi connectivity index (χ1) is 11.8. The van der Waals surface area contributed by atoms with Gasteiger partial charge in [-0.25, -0.2) is 0 Å². The minimum absolute atomic E-state index is 0.141. The number of nitrogens with zero attached hydrogens (tertiary/aromatic N) is 2. The predicted octanol–water partition coefficient (Wildman–Crippen LogP) is 3.46. The van der Waals surface area contributed by atoms with Crippen LogP contribution in [0.15, 0.2) is 30.0 Å². The maximum Gasteiger partial charge on any atom is 0.278 e. The van der Waals surface area contributed by atoms with Crippen molar-refractivity contribution in [2.24, 2.45) is 11.8 Å². The van der Waals surface area contributed by atoms with Crippen LogP contribution in [-0.2, 0) is 9.59 Å². The van der Waals surface area contributed by atoms with Gasteiger partial charge in [0.1, 0.15) is 5.70 Å². The van der Waals surface area contributed by atoms with Gasteiger partial charge in [0.05, 0.1) is 5.57 Å². The minimum Gasteiger partial charge on any atom is -0.366 e. The number of hydrogen-bond acceptors (Lipinski definition) is 3. The minimum atomic E-state index is -0.162. The molecule has 0 saturated carbocycles. The number of aryl methyl sites for hydroxylation is 1. The van der Waals surface area contributed by atoms with Crippen molar-refractivity contribution in [1.82, 2.24) is 9.80 Å². The molecule has 25 heavy (non-hydrogen) atoms. The number of piperidine rings is 1. The second kappa shape index (κ2) is 6.66. The number of carbonyl (C=O) groups excluding carboxylic acids is 2. The predicted molar refractivity (Wildman–Crippen MR) is 99.6 cm³/mol. The fraction of sp³-hybridized carbons (Fsp3) is 0.524. The first kappa shape index (κ1) is 17.7. The molecule has 3 rings (SSSR count). The third kappa shape index (κ3) is 3.22. The van der Waals surface area contributed by atoms with E-state index < -0.39 is 0 Å². The standard InChI is InChI=1S/C21H28N2O2/c1-13(2)23-20(24)18(17-8-6-14(3)7-9-17)19(21(23)25)22-11-15(4)10-16(5)12-22/h6-9,13,15-16H,10-12H2,1-5H3. The molecule has 0 spiro atoms. The summed E-state index contributed by atoms with van der Waals surface area (Å²) in [6.45, 7) is 11.9. The fourth-order valence-electron chi connectivity index (χ4n) is 4.12. The van der Waals surface area contributed by atoms with Crippen LogP contribution in [0, 0.1) is 18.8 Å². The van der Waals surface area contributed by atoms with Crippen molar-refractivity contribution in [3.63, 3.8) is 0 Å². The molecule has 1 fully saturated rings. The maximum absolute atomic E-state index is 13.1. The van der Waals surface area contributed by atoms with E-state index in [1.807, 2.05) is 45.0 Å². The Morgan fingerprint density at radius 3 is 2.04 bits per heavy atom. The monoisotopic (exact) mass is 340 g/mol. The zero-order valence-electron chi connectivity index (χ0n) is 15.9. The summed E-state index contributed by atoms with van der Waals surface area (Å²) in [6, 6.07) is 7.76. The molecule has 2 unspecified atom stereocenters. The van der Waals surface area contributed by atoms with Crippen molar-refractivity contribution < 1.29 is 9.59 Å². The van der Waals surface area contributed by atoms with Gasteiger partial charge in [0.25, 0.3) is 11.8 Å². The largest absolute Gasteiger partial charge is 0.366 e. The number of rotatable bonds is 3. The topological polar surface area (TPSA) is 40.6 Å². The normalized spacial score (nSPS) is 24.7. The molecule has 1 aromatic carbocycles. The Labute approximate surface area is 150 Å². The lowest BCUT2D eigenvalue weighted by atomic mass is 9.91. The van der Waals surface area contributed by atoms with Gasteiger partial charge in [0, 0.05) is 19.1 Å². The van der Waals surface area contributed by atoms with Crippen LogP contribution in [0.4, 0.5) is 0 Å². The summed E-state index contributed by atoms with van der Waals surface area (Å²) >= 11 is 0. The van der Waals surface area contributed by atoms with Gasteiger partial charge in [-0.2, -0.15) is 0 Å². The molecule has 4 heteroatoms. The Hall–Kier alpha value is -2.10. The molecular weight excluding hydrogens is 312 g/mol. The van der Waals surface area contributed by atoms with Gasteiger partial charge in [0.2, 0.25) is 0 Å². The summed E-state index contributed by atoms with van der Waals surface area (Å²) in [6.07, 6.45) is 1.17. The van der Waals surface area contributed by atoms with E-state index in [9.17, 15) is 9.59 Å². The van der Waals surface area contributed by atoms with Crippen LogP contribution in [0.2, 0.25) is 0 Å². The van der Waals surface area contributed by atoms with Gasteiger partial charge >= 0.3 is 0 Å². The van der Waals surface area contributed by atoms with E-state index in [1.165, 1.54) is 11.3 Å². The second-order valence-electron chi connectivity index (χ2n) is 8.01. The van der Waals surface area contributed by atoms with Gasteiger partial charge in [-0.1, -0.05) is 43.7 Å². The van der Waals surface area contributed by atoms with Crippen molar-refractivity contribution in [3.05, 3.63) is 41.1 Å². The second-order valence-corrected chi connectivity index (χ2v) is 8.01. The van der Waals surface area contributed by atoms with E-state index in [2.05, 4.69) is 18.7 Å². The van der Waals surface area contributed by atoms with Crippen LogP contribution in [0.1, 0.15) is 45.2 Å². The van der Waals surface area contributed by atoms with Gasteiger partial charge in [-0.15, -0.1) is 0 Å². The van der Waals surface area contributed by atoms with E-state index in [0.29, 0.717) is 23.1 Å². The number of hydrogen-bond donors (Lipinski definition) is 0. The molecule has 0 aliphatic carbocycles. The Morgan fingerprint density at radius 2 is 1.52 bits per heavy atom. The molecule has 2 aliphatic rings. The van der Waals surface area contributed by atoms with Crippen LogP contribution in [-0.4, -0.2) is 40.7 Å². The molecule has 0 radical (unpaired) electrons. The SMILES string of the molecule is Cc1ccc(C2=C(N3CC(C)CC(C)C3)C(=O)N(C(C)C)C2=O)cc1. The molecule has 0 N–H and O–H groups in total. The summed E-state index contributed by atoms with van der Waals surface area (Å²) in [4.78, 5) is 29.8. The van der Waals surface area contributed by atoms with Crippen LogP contribution >= 0.6 is 0 Å². The molecule has 1 saturated heterocycles. The van der Waals surface area contributed by atoms with Gasteiger partial charge in [0.15, 0.2) is 0 Å². The molecule has 4 nitrogen and oxygen atoms in total. The summed E-state index contributed by atoms with van der Waals surface area (Å²) in [5.41, 5.74) is 3.15.